The fourth-order valence-electron chi connectivity index (χ4n) is 3.19. The van der Waals surface area contributed by atoms with Gasteiger partial charge >= 0.3 is 23.7 Å². The van der Waals surface area contributed by atoms with Crippen molar-refractivity contribution in [3.8, 4) is 0 Å². The number of hydrogen-bond donors (Lipinski definition) is 1. The van der Waals surface area contributed by atoms with Gasteiger partial charge in [0.15, 0.2) is 0 Å². The zero-order chi connectivity index (χ0) is 25.5. The Balaban J connectivity index is 2.11. The van der Waals surface area contributed by atoms with Crippen LogP contribution in [0.25, 0.3) is 0 Å². The SMILES string of the molecule is CC(C)(C)n1c(=O)nc(Nc2cccc(C(F)(F)F)c2)n(Cc2ccc(C(F)(F)F)cc2)c1=O. The van der Waals surface area contributed by atoms with Crippen molar-refractivity contribution in [2.24, 2.45) is 0 Å². The summed E-state index contributed by atoms with van der Waals surface area (Å²) in [6.45, 7) is 4.46. The fraction of sp³-hybridized carbons (Fsp3) is 0.318. The van der Waals surface area contributed by atoms with E-state index in [0.29, 0.717) is 0 Å². The number of nitrogens with zero attached hydrogens (tertiary/aromatic N) is 3. The summed E-state index contributed by atoms with van der Waals surface area (Å²) in [6, 6.07) is 8.07. The van der Waals surface area contributed by atoms with Crippen LogP contribution >= 0.6 is 0 Å². The summed E-state index contributed by atoms with van der Waals surface area (Å²) < 4.78 is 79.7. The highest BCUT2D eigenvalue weighted by atomic mass is 19.4. The molecule has 1 N–H and O–H groups in total. The van der Waals surface area contributed by atoms with Crippen LogP contribution in [0.3, 0.4) is 0 Å². The van der Waals surface area contributed by atoms with Gasteiger partial charge in [0.2, 0.25) is 5.95 Å². The zero-order valence-corrected chi connectivity index (χ0v) is 18.3. The molecule has 1 aromatic heterocycles. The summed E-state index contributed by atoms with van der Waals surface area (Å²) in [5, 5.41) is 2.56. The predicted molar refractivity (Wildman–Crippen MR) is 113 cm³/mol. The molecule has 6 nitrogen and oxygen atoms in total. The van der Waals surface area contributed by atoms with E-state index < -0.39 is 40.4 Å². The number of benzene rings is 2. The highest BCUT2D eigenvalue weighted by Gasteiger charge is 2.31. The average molecular weight is 486 g/mol. The van der Waals surface area contributed by atoms with Crippen LogP contribution in [-0.4, -0.2) is 14.1 Å². The summed E-state index contributed by atoms with van der Waals surface area (Å²) in [5.41, 5.74) is -4.41. The summed E-state index contributed by atoms with van der Waals surface area (Å²) in [6.07, 6.45) is -9.17. The maximum absolute atomic E-state index is 13.2. The molecule has 182 valence electrons. The van der Waals surface area contributed by atoms with Crippen molar-refractivity contribution in [2.45, 2.75) is 45.2 Å². The molecule has 0 bridgehead atoms. The summed E-state index contributed by atoms with van der Waals surface area (Å²) in [5.74, 6) is -0.352. The first-order valence-electron chi connectivity index (χ1n) is 9.92. The van der Waals surface area contributed by atoms with Crippen molar-refractivity contribution in [1.29, 1.82) is 0 Å². The van der Waals surface area contributed by atoms with E-state index in [0.717, 1.165) is 51.6 Å². The Morgan fingerprint density at radius 3 is 1.97 bits per heavy atom. The van der Waals surface area contributed by atoms with Gasteiger partial charge in [0.05, 0.1) is 17.7 Å². The van der Waals surface area contributed by atoms with E-state index in [1.54, 1.807) is 20.8 Å². The molecule has 0 aliphatic carbocycles. The van der Waals surface area contributed by atoms with Gasteiger partial charge in [0.25, 0.3) is 0 Å². The number of hydrogen-bond acceptors (Lipinski definition) is 4. The number of alkyl halides is 6. The van der Waals surface area contributed by atoms with Crippen LogP contribution in [0.2, 0.25) is 0 Å². The molecule has 2 aromatic carbocycles. The normalized spacial score (nSPS) is 12.6. The lowest BCUT2D eigenvalue weighted by molar-refractivity contribution is -0.138. The monoisotopic (exact) mass is 486 g/mol. The molecule has 0 spiro atoms. The first kappa shape index (κ1) is 25.1. The van der Waals surface area contributed by atoms with E-state index in [1.807, 2.05) is 0 Å². The molecule has 12 heteroatoms. The molecule has 0 saturated carbocycles. The molecule has 0 saturated heterocycles. The van der Waals surface area contributed by atoms with Crippen LogP contribution in [0.5, 0.6) is 0 Å². The molecule has 1 heterocycles. The van der Waals surface area contributed by atoms with Crippen LogP contribution in [0.1, 0.15) is 37.5 Å². The van der Waals surface area contributed by atoms with Crippen molar-refractivity contribution >= 4 is 11.6 Å². The molecule has 3 aromatic rings. The van der Waals surface area contributed by atoms with Crippen LogP contribution in [0.15, 0.2) is 58.1 Å². The van der Waals surface area contributed by atoms with Gasteiger partial charge in [-0.15, -0.1) is 0 Å². The summed E-state index contributed by atoms with van der Waals surface area (Å²) >= 11 is 0. The highest BCUT2D eigenvalue weighted by Crippen LogP contribution is 2.31. The van der Waals surface area contributed by atoms with Crippen molar-refractivity contribution in [3.05, 3.63) is 86.2 Å². The molecular formula is C22H20F6N4O2. The van der Waals surface area contributed by atoms with Crippen LogP contribution in [-0.2, 0) is 24.4 Å². The Bertz CT molecular complexity index is 1300. The van der Waals surface area contributed by atoms with Gasteiger partial charge in [-0.1, -0.05) is 18.2 Å². The first-order valence-corrected chi connectivity index (χ1v) is 9.92. The average Bonchev–Trinajstić information content (AvgIpc) is 2.69. The maximum atomic E-state index is 13.2. The van der Waals surface area contributed by atoms with E-state index >= 15 is 0 Å². The Morgan fingerprint density at radius 2 is 1.44 bits per heavy atom. The van der Waals surface area contributed by atoms with Crippen LogP contribution < -0.4 is 16.7 Å². The van der Waals surface area contributed by atoms with Crippen molar-refractivity contribution in [3.63, 3.8) is 0 Å². The Labute approximate surface area is 189 Å². The lowest BCUT2D eigenvalue weighted by Crippen LogP contribution is -2.49. The van der Waals surface area contributed by atoms with Gasteiger partial charge in [-0.05, 0) is 56.7 Å². The third kappa shape index (κ3) is 5.49. The van der Waals surface area contributed by atoms with E-state index in [1.165, 1.54) is 6.07 Å². The van der Waals surface area contributed by atoms with Gasteiger partial charge in [-0.2, -0.15) is 31.3 Å². The lowest BCUT2D eigenvalue weighted by atomic mass is 10.1. The topological polar surface area (TPSA) is 68.9 Å². The van der Waals surface area contributed by atoms with E-state index in [4.69, 9.17) is 0 Å². The van der Waals surface area contributed by atoms with Gasteiger partial charge in [-0.3, -0.25) is 4.57 Å². The van der Waals surface area contributed by atoms with Crippen molar-refractivity contribution in [2.75, 3.05) is 5.32 Å². The number of anilines is 2. The zero-order valence-electron chi connectivity index (χ0n) is 18.3. The molecule has 0 aliphatic rings. The van der Waals surface area contributed by atoms with E-state index in [-0.39, 0.29) is 23.7 Å². The first-order chi connectivity index (χ1) is 15.6. The minimum Gasteiger partial charge on any atom is -0.325 e. The maximum Gasteiger partial charge on any atom is 0.416 e. The lowest BCUT2D eigenvalue weighted by Gasteiger charge is -2.23. The highest BCUT2D eigenvalue weighted by molar-refractivity contribution is 5.55. The van der Waals surface area contributed by atoms with Gasteiger partial charge in [-0.25, -0.2) is 14.2 Å². The second-order valence-corrected chi connectivity index (χ2v) is 8.49. The molecule has 34 heavy (non-hydrogen) atoms. The Hall–Kier alpha value is -3.57. The fourth-order valence-corrected chi connectivity index (χ4v) is 3.19. The largest absolute Gasteiger partial charge is 0.416 e. The van der Waals surface area contributed by atoms with Crippen LogP contribution in [0.4, 0.5) is 38.0 Å². The molecule has 0 aliphatic heterocycles. The van der Waals surface area contributed by atoms with Gasteiger partial charge in [0.1, 0.15) is 0 Å². The molecule has 0 amide bonds. The van der Waals surface area contributed by atoms with Crippen molar-refractivity contribution in [1.82, 2.24) is 14.1 Å². The number of halogens is 6. The number of nitrogens with one attached hydrogen (secondary N) is 1. The van der Waals surface area contributed by atoms with Gasteiger partial charge < -0.3 is 5.32 Å². The number of aromatic nitrogens is 3. The van der Waals surface area contributed by atoms with Crippen molar-refractivity contribution < 1.29 is 26.3 Å². The minimum atomic E-state index is -4.62. The quantitative estimate of drug-likeness (QED) is 0.528. The summed E-state index contributed by atoms with van der Waals surface area (Å²) in [7, 11) is 0. The predicted octanol–water partition coefficient (Wildman–Crippen LogP) is 4.99. The van der Waals surface area contributed by atoms with Crippen LogP contribution in [0, 0.1) is 0 Å². The molecular weight excluding hydrogens is 466 g/mol. The Morgan fingerprint density at radius 1 is 0.853 bits per heavy atom. The summed E-state index contributed by atoms with van der Waals surface area (Å²) in [4.78, 5) is 29.6. The second-order valence-electron chi connectivity index (χ2n) is 8.49. The second kappa shape index (κ2) is 8.65. The Kier molecular flexibility index (Phi) is 6.38. The minimum absolute atomic E-state index is 0.0872. The molecule has 0 unspecified atom stereocenters. The number of rotatable bonds is 4. The molecule has 0 radical (unpaired) electrons. The standard InChI is InChI=1S/C22H20F6N4O2/c1-20(2,3)32-18(33)30-17(29-16-6-4-5-15(11-16)22(26,27)28)31(19(32)34)12-13-7-9-14(10-8-13)21(23,24)25/h4-11H,12H2,1-3H3,(H,29,30,33). The third-order valence-electron chi connectivity index (χ3n) is 4.81. The third-order valence-corrected chi connectivity index (χ3v) is 4.81. The smallest absolute Gasteiger partial charge is 0.325 e. The molecule has 3 rings (SSSR count). The molecule has 0 atom stereocenters. The van der Waals surface area contributed by atoms with E-state index in [9.17, 15) is 35.9 Å². The van der Waals surface area contributed by atoms with Gasteiger partial charge in [0, 0.05) is 11.2 Å². The molecule has 0 fully saturated rings. The van der Waals surface area contributed by atoms with E-state index in [2.05, 4.69) is 10.3 Å².